The van der Waals surface area contributed by atoms with E-state index in [1.807, 2.05) is 22.6 Å². The molecule has 1 atom stereocenters. The first-order chi connectivity index (χ1) is 14.0. The first-order valence-corrected chi connectivity index (χ1v) is 10.4. The van der Waals surface area contributed by atoms with Gasteiger partial charge in [0.1, 0.15) is 0 Å². The number of amides is 1. The van der Waals surface area contributed by atoms with Crippen LogP contribution in [0.25, 0.3) is 11.0 Å². The van der Waals surface area contributed by atoms with Gasteiger partial charge in [-0.2, -0.15) is 5.10 Å². The van der Waals surface area contributed by atoms with Crippen LogP contribution in [-0.4, -0.2) is 45.2 Å². The van der Waals surface area contributed by atoms with E-state index in [0.29, 0.717) is 12.1 Å². The van der Waals surface area contributed by atoms with Gasteiger partial charge in [-0.25, -0.2) is 9.67 Å². The van der Waals surface area contributed by atoms with Crippen molar-refractivity contribution in [2.24, 2.45) is 0 Å². The Labute approximate surface area is 171 Å². The summed E-state index contributed by atoms with van der Waals surface area (Å²) < 4.78 is 1.90. The van der Waals surface area contributed by atoms with Gasteiger partial charge in [0.05, 0.1) is 23.5 Å². The van der Waals surface area contributed by atoms with Crippen molar-refractivity contribution in [1.82, 2.24) is 25.0 Å². The minimum Gasteiger partial charge on any atom is -0.329 e. The van der Waals surface area contributed by atoms with Gasteiger partial charge in [0.25, 0.3) is 5.91 Å². The van der Waals surface area contributed by atoms with Gasteiger partial charge < -0.3 is 10.2 Å². The molecule has 0 saturated carbocycles. The van der Waals surface area contributed by atoms with Crippen molar-refractivity contribution in [3.63, 3.8) is 0 Å². The lowest BCUT2D eigenvalue weighted by molar-refractivity contribution is 0.0633. The molecule has 0 radical (unpaired) electrons. The fourth-order valence-corrected chi connectivity index (χ4v) is 4.04. The maximum atomic E-state index is 13.5. The van der Waals surface area contributed by atoms with E-state index in [-0.39, 0.29) is 18.0 Å². The molecule has 1 aliphatic heterocycles. The highest BCUT2D eigenvalue weighted by molar-refractivity contribution is 5.98. The summed E-state index contributed by atoms with van der Waals surface area (Å²) in [6.07, 6.45) is 2.82. The van der Waals surface area contributed by atoms with Crippen LogP contribution in [0.15, 0.2) is 36.5 Å². The molecule has 0 aliphatic carbocycles. The lowest BCUT2D eigenvalue weighted by Gasteiger charge is -2.37. The Bertz CT molecular complexity index is 1020. The molecule has 1 saturated heterocycles. The summed E-state index contributed by atoms with van der Waals surface area (Å²) in [5.41, 5.74) is 4.73. The number of aromatic nitrogens is 3. The predicted molar refractivity (Wildman–Crippen MR) is 115 cm³/mol. The second kappa shape index (κ2) is 7.95. The first kappa shape index (κ1) is 19.6. The van der Waals surface area contributed by atoms with Crippen LogP contribution < -0.4 is 5.32 Å². The molecule has 2 aromatic heterocycles. The van der Waals surface area contributed by atoms with Crippen LogP contribution in [0.1, 0.15) is 60.0 Å². The number of carbonyl (C=O) groups is 1. The van der Waals surface area contributed by atoms with Crippen molar-refractivity contribution in [3.05, 3.63) is 58.9 Å². The molecule has 1 unspecified atom stereocenters. The van der Waals surface area contributed by atoms with Crippen molar-refractivity contribution in [3.8, 4) is 0 Å². The zero-order valence-electron chi connectivity index (χ0n) is 17.6. The van der Waals surface area contributed by atoms with E-state index in [4.69, 9.17) is 4.98 Å². The van der Waals surface area contributed by atoms with Gasteiger partial charge in [-0.1, -0.05) is 31.2 Å². The van der Waals surface area contributed by atoms with Crippen molar-refractivity contribution in [2.45, 2.75) is 46.2 Å². The number of hydrogen-bond acceptors (Lipinski definition) is 4. The molecule has 3 aromatic rings. The van der Waals surface area contributed by atoms with Gasteiger partial charge in [-0.15, -0.1) is 0 Å². The third-order valence-electron chi connectivity index (χ3n) is 5.76. The molecule has 3 heterocycles. The molecule has 6 heteroatoms. The first-order valence-electron chi connectivity index (χ1n) is 10.4. The van der Waals surface area contributed by atoms with Gasteiger partial charge in [-0.05, 0) is 44.4 Å². The molecule has 1 amide bonds. The normalized spacial score (nSPS) is 17.3. The van der Waals surface area contributed by atoms with Crippen molar-refractivity contribution in [2.75, 3.05) is 19.6 Å². The van der Waals surface area contributed by atoms with E-state index in [1.54, 1.807) is 6.20 Å². The van der Waals surface area contributed by atoms with E-state index < -0.39 is 0 Å². The maximum Gasteiger partial charge on any atom is 0.256 e. The van der Waals surface area contributed by atoms with Crippen LogP contribution in [0.4, 0.5) is 0 Å². The molecular formula is C23H29N5O. The van der Waals surface area contributed by atoms with Gasteiger partial charge in [-0.3, -0.25) is 4.79 Å². The number of rotatable bonds is 4. The number of piperazine rings is 1. The quantitative estimate of drug-likeness (QED) is 0.737. The SMILES string of the molecule is CCc1ccc(C2CNCCN2C(=O)c2cc3cnn(C(C)C)c3nc2C)cc1. The van der Waals surface area contributed by atoms with Crippen LogP contribution in [0.5, 0.6) is 0 Å². The molecule has 1 aliphatic rings. The number of fused-ring (bicyclic) bond motifs is 1. The largest absolute Gasteiger partial charge is 0.329 e. The van der Waals surface area contributed by atoms with E-state index in [9.17, 15) is 4.79 Å². The summed E-state index contributed by atoms with van der Waals surface area (Å²) in [6.45, 7) is 10.5. The Kier molecular flexibility index (Phi) is 5.37. The molecule has 1 fully saturated rings. The van der Waals surface area contributed by atoms with E-state index >= 15 is 0 Å². The zero-order chi connectivity index (χ0) is 20.5. The monoisotopic (exact) mass is 391 g/mol. The highest BCUT2D eigenvalue weighted by atomic mass is 16.2. The van der Waals surface area contributed by atoms with Crippen molar-refractivity contribution >= 4 is 16.9 Å². The Morgan fingerprint density at radius 1 is 1.28 bits per heavy atom. The van der Waals surface area contributed by atoms with Crippen LogP contribution in [0.3, 0.4) is 0 Å². The average molecular weight is 392 g/mol. The van der Waals surface area contributed by atoms with E-state index in [0.717, 1.165) is 36.2 Å². The Morgan fingerprint density at radius 3 is 2.72 bits per heavy atom. The molecule has 1 N–H and O–H groups in total. The molecular weight excluding hydrogens is 362 g/mol. The Balaban J connectivity index is 1.68. The number of nitrogens with zero attached hydrogens (tertiary/aromatic N) is 4. The second-order valence-electron chi connectivity index (χ2n) is 8.03. The Morgan fingerprint density at radius 2 is 2.03 bits per heavy atom. The lowest BCUT2D eigenvalue weighted by atomic mass is 9.99. The number of nitrogens with one attached hydrogen (secondary N) is 1. The maximum absolute atomic E-state index is 13.5. The predicted octanol–water partition coefficient (Wildman–Crippen LogP) is 3.67. The molecule has 0 spiro atoms. The fraction of sp³-hybridized carbons (Fsp3) is 0.435. The number of pyridine rings is 1. The highest BCUT2D eigenvalue weighted by Crippen LogP contribution is 2.27. The topological polar surface area (TPSA) is 63.1 Å². The van der Waals surface area contributed by atoms with Crippen molar-refractivity contribution < 1.29 is 4.79 Å². The van der Waals surface area contributed by atoms with Gasteiger partial charge in [0, 0.05) is 31.1 Å². The molecule has 29 heavy (non-hydrogen) atoms. The minimum absolute atomic E-state index is 0.0237. The van der Waals surface area contributed by atoms with Crippen LogP contribution in [0, 0.1) is 6.92 Å². The second-order valence-corrected chi connectivity index (χ2v) is 8.03. The Hall–Kier alpha value is -2.73. The molecule has 152 valence electrons. The summed E-state index contributed by atoms with van der Waals surface area (Å²) in [4.78, 5) is 20.3. The van der Waals surface area contributed by atoms with Crippen LogP contribution in [0.2, 0.25) is 0 Å². The average Bonchev–Trinajstić information content (AvgIpc) is 3.15. The smallest absolute Gasteiger partial charge is 0.256 e. The third kappa shape index (κ3) is 3.65. The van der Waals surface area contributed by atoms with Crippen molar-refractivity contribution in [1.29, 1.82) is 0 Å². The highest BCUT2D eigenvalue weighted by Gasteiger charge is 2.30. The van der Waals surface area contributed by atoms with Crippen LogP contribution >= 0.6 is 0 Å². The number of carbonyl (C=O) groups excluding carboxylic acids is 1. The summed E-state index contributed by atoms with van der Waals surface area (Å²) >= 11 is 0. The van der Waals surface area contributed by atoms with Gasteiger partial charge in [0.2, 0.25) is 0 Å². The summed E-state index contributed by atoms with van der Waals surface area (Å²) in [7, 11) is 0. The molecule has 0 bridgehead atoms. The molecule has 4 rings (SSSR count). The number of benzene rings is 1. The van der Waals surface area contributed by atoms with E-state index in [1.165, 1.54) is 11.1 Å². The summed E-state index contributed by atoms with van der Waals surface area (Å²) in [6, 6.07) is 10.8. The van der Waals surface area contributed by atoms with Crippen LogP contribution in [-0.2, 0) is 6.42 Å². The minimum atomic E-state index is 0.0237. The van der Waals surface area contributed by atoms with Gasteiger partial charge >= 0.3 is 0 Å². The molecule has 6 nitrogen and oxygen atoms in total. The summed E-state index contributed by atoms with van der Waals surface area (Å²) in [5.74, 6) is 0.0419. The third-order valence-corrected chi connectivity index (χ3v) is 5.76. The zero-order valence-corrected chi connectivity index (χ0v) is 17.6. The number of aryl methyl sites for hydroxylation is 2. The number of hydrogen-bond donors (Lipinski definition) is 1. The molecule has 1 aromatic carbocycles. The van der Waals surface area contributed by atoms with Gasteiger partial charge in [0.15, 0.2) is 5.65 Å². The summed E-state index contributed by atoms with van der Waals surface area (Å²) in [5, 5.41) is 8.79. The van der Waals surface area contributed by atoms with E-state index in [2.05, 4.69) is 55.5 Å². The standard InChI is InChI=1S/C23H29N5O/c1-5-17-6-8-18(9-7-17)21-14-24-10-11-27(21)23(29)20-12-19-13-25-28(15(2)3)22(19)26-16(20)4/h6-9,12-13,15,21,24H,5,10-11,14H2,1-4H3. The fourth-order valence-electron chi connectivity index (χ4n) is 4.04. The lowest BCUT2D eigenvalue weighted by Crippen LogP contribution is -2.48.